The summed E-state index contributed by atoms with van der Waals surface area (Å²) in [5.41, 5.74) is 0. The van der Waals surface area contributed by atoms with E-state index in [0.29, 0.717) is 0 Å². The molecule has 2 unspecified atom stereocenters. The van der Waals surface area contributed by atoms with Crippen molar-refractivity contribution in [3.05, 3.63) is 11.4 Å². The third kappa shape index (κ3) is 6.72. The lowest BCUT2D eigenvalue weighted by Gasteiger charge is -2.29. The van der Waals surface area contributed by atoms with Gasteiger partial charge in [-0.25, -0.2) is 6.57 Å². The summed E-state index contributed by atoms with van der Waals surface area (Å²) >= 11 is 5.59. The molecule has 29 heavy (non-hydrogen) atoms. The topological polar surface area (TPSA) is 97.0 Å². The van der Waals surface area contributed by atoms with Gasteiger partial charge in [0.2, 0.25) is 6.54 Å². The average Bonchev–Trinajstić information content (AvgIpc) is 3.11. The molecular formula is C17H30NO8P2S+. The predicted molar refractivity (Wildman–Crippen MR) is 110 cm³/mol. The van der Waals surface area contributed by atoms with Crippen molar-refractivity contribution >= 4 is 26.8 Å². The summed E-state index contributed by atoms with van der Waals surface area (Å²) in [7, 11) is -2.80. The van der Waals surface area contributed by atoms with E-state index in [-0.39, 0.29) is 50.7 Å². The van der Waals surface area contributed by atoms with E-state index in [1.807, 2.05) is 27.7 Å². The minimum atomic E-state index is -3.31. The maximum atomic E-state index is 11.2. The molecule has 0 saturated carbocycles. The zero-order valence-corrected chi connectivity index (χ0v) is 19.6. The number of nitrogens with zero attached hydrogens (tertiary/aromatic N) is 1. The number of rotatable bonds is 10. The van der Waals surface area contributed by atoms with Crippen LogP contribution in [-0.2, 0) is 43.9 Å². The third-order valence-corrected chi connectivity index (χ3v) is 8.12. The molecule has 2 rings (SSSR count). The molecule has 0 spiro atoms. The van der Waals surface area contributed by atoms with Crippen molar-refractivity contribution in [3.8, 4) is 0 Å². The second-order valence-electron chi connectivity index (χ2n) is 7.31. The lowest BCUT2D eigenvalue weighted by atomic mass is 10.00. The Labute approximate surface area is 179 Å². The summed E-state index contributed by atoms with van der Waals surface area (Å²) in [4.78, 5) is 12.4. The predicted octanol–water partition coefficient (Wildman–Crippen LogP) is 3.45. The van der Waals surface area contributed by atoms with Crippen molar-refractivity contribution in [1.29, 1.82) is 0 Å². The quantitative estimate of drug-likeness (QED) is 0.292. The van der Waals surface area contributed by atoms with Crippen molar-refractivity contribution in [2.45, 2.75) is 71.2 Å². The minimum absolute atomic E-state index is 0.0109. The maximum Gasteiger partial charge on any atom is 0.695 e. The minimum Gasteiger partial charge on any atom is -0.372 e. The molecule has 10 atom stereocenters. The van der Waals surface area contributed by atoms with Gasteiger partial charge in [-0.1, -0.05) is 13.8 Å². The third-order valence-electron chi connectivity index (χ3n) is 5.34. The highest BCUT2D eigenvalue weighted by Crippen LogP contribution is 2.54. The largest absolute Gasteiger partial charge is 0.695 e. The van der Waals surface area contributed by atoms with E-state index in [4.69, 9.17) is 47.3 Å². The van der Waals surface area contributed by atoms with Crippen LogP contribution in [0.4, 0.5) is 0 Å². The first kappa shape index (κ1) is 23.6. The summed E-state index contributed by atoms with van der Waals surface area (Å²) in [5.74, 6) is -0.142. The van der Waals surface area contributed by atoms with Gasteiger partial charge in [-0.3, -0.25) is 0 Å². The van der Waals surface area contributed by atoms with Crippen LogP contribution in [-0.4, -0.2) is 61.3 Å². The first-order valence-electron chi connectivity index (χ1n) is 10.2. The molecule has 2 heterocycles. The van der Waals surface area contributed by atoms with Crippen LogP contribution in [0, 0.1) is 18.4 Å². The fourth-order valence-electron chi connectivity index (χ4n) is 3.34. The SMILES string of the molecule is [2H]C[C@H]1O[C@@H](C)[C@H](C)[C@@H]1OP(=S)(OCC[N+]#[C-])OC[C@H]1O[C@@H](C)[C@H](C)[C@@H]1O[P+](=O)O. The van der Waals surface area contributed by atoms with Crippen LogP contribution in [0.1, 0.15) is 36.0 Å². The zero-order chi connectivity index (χ0) is 22.5. The van der Waals surface area contributed by atoms with Gasteiger partial charge < -0.3 is 27.9 Å². The van der Waals surface area contributed by atoms with Crippen molar-refractivity contribution in [1.82, 2.24) is 0 Å². The van der Waals surface area contributed by atoms with Crippen LogP contribution < -0.4 is 0 Å². The summed E-state index contributed by atoms with van der Waals surface area (Å²) in [6, 6.07) is 0. The molecule has 0 aromatic heterocycles. The molecule has 0 amide bonds. The van der Waals surface area contributed by atoms with Gasteiger partial charge >= 0.3 is 15.0 Å². The molecule has 2 fully saturated rings. The van der Waals surface area contributed by atoms with Crippen molar-refractivity contribution in [2.75, 3.05) is 19.8 Å². The lowest BCUT2D eigenvalue weighted by molar-refractivity contribution is -0.0175. The molecule has 1 N–H and O–H groups in total. The van der Waals surface area contributed by atoms with Gasteiger partial charge in [0.15, 0.2) is 0 Å². The van der Waals surface area contributed by atoms with Crippen LogP contribution in [0.2, 0.25) is 0 Å². The molecular weight excluding hydrogens is 440 g/mol. The molecule has 2 aliphatic rings. The first-order chi connectivity index (χ1) is 14.1. The molecule has 166 valence electrons. The van der Waals surface area contributed by atoms with Gasteiger partial charge in [-0.2, -0.15) is 0 Å². The summed E-state index contributed by atoms with van der Waals surface area (Å²) in [6.07, 6.45) is -2.50. The van der Waals surface area contributed by atoms with E-state index in [1.165, 1.54) is 0 Å². The molecule has 2 aliphatic heterocycles. The van der Waals surface area contributed by atoms with Crippen molar-refractivity contribution < 1.29 is 38.4 Å². The number of hydrogen-bond donors (Lipinski definition) is 1. The van der Waals surface area contributed by atoms with Crippen LogP contribution in [0.3, 0.4) is 0 Å². The Hall–Kier alpha value is -0.0400. The van der Waals surface area contributed by atoms with Gasteiger partial charge in [0.25, 0.3) is 0 Å². The van der Waals surface area contributed by atoms with Crippen LogP contribution >= 0.6 is 15.0 Å². The second kappa shape index (κ2) is 11.0. The molecule has 0 aromatic carbocycles. The van der Waals surface area contributed by atoms with Crippen LogP contribution in [0.25, 0.3) is 4.85 Å². The smallest absolute Gasteiger partial charge is 0.372 e. The highest BCUT2D eigenvalue weighted by atomic mass is 32.5. The van der Waals surface area contributed by atoms with Gasteiger partial charge in [-0.15, -0.1) is 9.42 Å². The first-order valence-corrected chi connectivity index (χ1v) is 13.1. The van der Waals surface area contributed by atoms with Crippen molar-refractivity contribution in [2.24, 2.45) is 11.8 Å². The summed E-state index contributed by atoms with van der Waals surface area (Å²) < 4.78 is 53.3. The van der Waals surface area contributed by atoms with E-state index in [9.17, 15) is 9.46 Å². The van der Waals surface area contributed by atoms with Gasteiger partial charge in [0, 0.05) is 17.8 Å². The standard InChI is InChI=1S/C17H29NO8P2S/c1-10-12(3)23-14(5)16(10)26-28(29,21-8-7-18-6)22-9-15-17(25-27(19)20)11(2)13(4)24-15/h10-17H,7-9H2,1-5H3/p+1/t10-,11-,12-,13-,14+,15+,16-,17-,28?/m0/s1/i5D. The Bertz CT molecular complexity index is 683. The fraction of sp³-hybridized carbons (Fsp3) is 0.941. The molecule has 9 nitrogen and oxygen atoms in total. The second-order valence-corrected chi connectivity index (χ2v) is 11.0. The summed E-state index contributed by atoms with van der Waals surface area (Å²) in [5, 5.41) is 0. The fourth-order valence-corrected chi connectivity index (χ4v) is 6.04. The molecule has 0 aliphatic carbocycles. The van der Waals surface area contributed by atoms with E-state index in [2.05, 4.69) is 4.85 Å². The van der Waals surface area contributed by atoms with E-state index in [1.54, 1.807) is 0 Å². The molecule has 12 heteroatoms. The van der Waals surface area contributed by atoms with E-state index in [0.717, 1.165) is 0 Å². The van der Waals surface area contributed by atoms with Gasteiger partial charge in [0.05, 0.1) is 31.0 Å². The normalized spacial score (nSPS) is 40.3. The Kier molecular flexibility index (Phi) is 8.97. The number of ether oxygens (including phenoxy) is 2. The maximum absolute atomic E-state index is 11.2. The van der Waals surface area contributed by atoms with Crippen LogP contribution in [0.5, 0.6) is 0 Å². The monoisotopic (exact) mass is 471 g/mol. The number of hydrogen-bond acceptors (Lipinski definition) is 8. The Balaban J connectivity index is 2.11. The van der Waals surface area contributed by atoms with Crippen LogP contribution in [0.15, 0.2) is 0 Å². The van der Waals surface area contributed by atoms with Gasteiger partial charge in [-0.05, 0) is 32.6 Å². The van der Waals surface area contributed by atoms with Gasteiger partial charge in [0.1, 0.15) is 18.8 Å². The molecule has 2 saturated heterocycles. The average molecular weight is 471 g/mol. The molecule has 0 radical (unpaired) electrons. The Morgan fingerprint density at radius 3 is 2.45 bits per heavy atom. The molecule has 0 aromatic rings. The van der Waals surface area contributed by atoms with E-state index < -0.39 is 39.4 Å². The summed E-state index contributed by atoms with van der Waals surface area (Å²) in [6.45, 7) is 11.3. The lowest BCUT2D eigenvalue weighted by Crippen LogP contribution is -2.32. The Morgan fingerprint density at radius 1 is 1.17 bits per heavy atom. The highest BCUT2D eigenvalue weighted by molar-refractivity contribution is 8.07. The highest BCUT2D eigenvalue weighted by Gasteiger charge is 2.47. The zero-order valence-electron chi connectivity index (χ0n) is 18.0. The molecule has 0 bridgehead atoms. The Morgan fingerprint density at radius 2 is 1.83 bits per heavy atom. The van der Waals surface area contributed by atoms with E-state index >= 15 is 0 Å². The van der Waals surface area contributed by atoms with Crippen molar-refractivity contribution in [3.63, 3.8) is 0 Å².